The van der Waals surface area contributed by atoms with Crippen LogP contribution in [0, 0.1) is 18.6 Å². The topological polar surface area (TPSA) is 88.8 Å². The monoisotopic (exact) mass is 519 g/mol. The molecule has 0 aliphatic carbocycles. The van der Waals surface area contributed by atoms with Gasteiger partial charge in [0.1, 0.15) is 28.6 Å². The fourth-order valence-corrected chi connectivity index (χ4v) is 4.78. The van der Waals surface area contributed by atoms with Gasteiger partial charge in [0.15, 0.2) is 5.65 Å². The van der Waals surface area contributed by atoms with Crippen LogP contribution >= 0.6 is 0 Å². The zero-order valence-corrected chi connectivity index (χ0v) is 21.1. The predicted octanol–water partition coefficient (Wildman–Crippen LogP) is 5.26. The van der Waals surface area contributed by atoms with E-state index in [1.54, 1.807) is 36.9 Å². The number of ether oxygens (including phenoxy) is 1. The van der Waals surface area contributed by atoms with Gasteiger partial charge in [-0.2, -0.15) is 9.61 Å². The molecular formula is C28H27F2N5O3. The van der Waals surface area contributed by atoms with Gasteiger partial charge in [-0.05, 0) is 74.1 Å². The Morgan fingerprint density at radius 2 is 1.74 bits per heavy atom. The number of fused-ring (bicyclic) bond motifs is 1. The van der Waals surface area contributed by atoms with Crippen LogP contribution in [-0.2, 0) is 4.74 Å². The average molecular weight is 520 g/mol. The minimum Gasteiger partial charge on any atom is -0.462 e. The number of hydrogen-bond donors (Lipinski definition) is 1. The maximum Gasteiger partial charge on any atom is 0.343 e. The Kier molecular flexibility index (Phi) is 7.04. The highest BCUT2D eigenvalue weighted by Gasteiger charge is 2.29. The molecule has 0 saturated carbocycles. The highest BCUT2D eigenvalue weighted by Crippen LogP contribution is 2.31. The van der Waals surface area contributed by atoms with Gasteiger partial charge >= 0.3 is 5.97 Å². The lowest BCUT2D eigenvalue weighted by atomic mass is 9.89. The van der Waals surface area contributed by atoms with Gasteiger partial charge in [0.2, 0.25) is 0 Å². The van der Waals surface area contributed by atoms with Crippen molar-refractivity contribution < 1.29 is 23.1 Å². The number of nitrogens with one attached hydrogen (secondary N) is 1. The van der Waals surface area contributed by atoms with Crippen LogP contribution in [0.3, 0.4) is 0 Å². The number of aromatic nitrogens is 3. The van der Waals surface area contributed by atoms with Crippen molar-refractivity contribution >= 4 is 29.0 Å². The third-order valence-electron chi connectivity index (χ3n) is 6.82. The number of benzene rings is 2. The number of amides is 1. The van der Waals surface area contributed by atoms with E-state index in [0.717, 1.165) is 18.4 Å². The minimum absolute atomic E-state index is 0.171. The number of esters is 1. The molecule has 2 aromatic carbocycles. The number of likely N-dealkylation sites (tertiary alicyclic amines) is 1. The molecule has 1 aliphatic heterocycles. The first-order valence-corrected chi connectivity index (χ1v) is 12.5. The van der Waals surface area contributed by atoms with Crippen molar-refractivity contribution in [3.8, 4) is 0 Å². The molecule has 10 heteroatoms. The summed E-state index contributed by atoms with van der Waals surface area (Å²) in [5.41, 5.74) is 2.93. The highest BCUT2D eigenvalue weighted by molar-refractivity contribution is 6.01. The molecule has 5 rings (SSSR count). The summed E-state index contributed by atoms with van der Waals surface area (Å²) in [6.45, 7) is 4.68. The Bertz CT molecular complexity index is 1490. The van der Waals surface area contributed by atoms with Gasteiger partial charge in [0.05, 0.1) is 12.8 Å². The number of anilines is 2. The maximum atomic E-state index is 13.7. The van der Waals surface area contributed by atoms with Crippen LogP contribution in [0.4, 0.5) is 20.3 Å². The fraction of sp³-hybridized carbons (Fsp3) is 0.286. The van der Waals surface area contributed by atoms with E-state index < -0.39 is 5.97 Å². The molecular weight excluding hydrogens is 492 g/mol. The highest BCUT2D eigenvalue weighted by atomic mass is 19.1. The van der Waals surface area contributed by atoms with Crippen molar-refractivity contribution in [3.05, 3.63) is 88.7 Å². The van der Waals surface area contributed by atoms with Crippen molar-refractivity contribution in [2.45, 2.75) is 32.6 Å². The Hall–Kier alpha value is -4.34. The minimum atomic E-state index is -0.569. The summed E-state index contributed by atoms with van der Waals surface area (Å²) in [7, 11) is 0. The van der Waals surface area contributed by atoms with Crippen LogP contribution in [0.25, 0.3) is 5.65 Å². The van der Waals surface area contributed by atoms with Crippen molar-refractivity contribution in [1.29, 1.82) is 0 Å². The number of rotatable bonds is 6. The number of nitrogens with zero attached hydrogens (tertiary/aromatic N) is 4. The van der Waals surface area contributed by atoms with Gasteiger partial charge in [-0.25, -0.2) is 18.6 Å². The zero-order chi connectivity index (χ0) is 26.8. The van der Waals surface area contributed by atoms with Gasteiger partial charge in [0, 0.05) is 25.0 Å². The van der Waals surface area contributed by atoms with Gasteiger partial charge < -0.3 is 15.0 Å². The van der Waals surface area contributed by atoms with Gasteiger partial charge in [0.25, 0.3) is 5.91 Å². The second-order valence-corrected chi connectivity index (χ2v) is 9.24. The quantitative estimate of drug-likeness (QED) is 0.350. The largest absolute Gasteiger partial charge is 0.462 e. The average Bonchev–Trinajstić information content (AvgIpc) is 3.35. The van der Waals surface area contributed by atoms with Crippen LogP contribution in [0.2, 0.25) is 0 Å². The molecule has 4 aromatic rings. The summed E-state index contributed by atoms with van der Waals surface area (Å²) in [4.78, 5) is 32.3. The number of halogens is 2. The summed E-state index contributed by atoms with van der Waals surface area (Å²) in [5, 5.41) is 7.54. The van der Waals surface area contributed by atoms with Crippen LogP contribution < -0.4 is 5.32 Å². The van der Waals surface area contributed by atoms with Gasteiger partial charge in [-0.15, -0.1) is 0 Å². The number of carbonyl (C=O) groups excluding carboxylic acids is 2. The first kappa shape index (κ1) is 25.3. The van der Waals surface area contributed by atoms with E-state index in [1.807, 2.05) is 0 Å². The fourth-order valence-electron chi connectivity index (χ4n) is 4.78. The van der Waals surface area contributed by atoms with E-state index in [4.69, 9.17) is 4.74 Å². The first-order valence-electron chi connectivity index (χ1n) is 12.5. The molecule has 0 spiro atoms. The molecule has 1 fully saturated rings. The van der Waals surface area contributed by atoms with Crippen molar-refractivity contribution in [1.82, 2.24) is 19.5 Å². The van der Waals surface area contributed by atoms with Crippen LogP contribution in [0.5, 0.6) is 0 Å². The second kappa shape index (κ2) is 10.6. The Labute approximate surface area is 218 Å². The lowest BCUT2D eigenvalue weighted by Crippen LogP contribution is -2.38. The number of piperidine rings is 1. The Morgan fingerprint density at radius 3 is 2.42 bits per heavy atom. The van der Waals surface area contributed by atoms with E-state index >= 15 is 0 Å². The normalized spacial score (nSPS) is 14.1. The van der Waals surface area contributed by atoms with E-state index in [0.29, 0.717) is 30.2 Å². The SMILES string of the molecule is CCOC(=O)c1cnn2c(Nc3ccc(F)cc3C)c(C(=O)N3CCC(c4ccc(F)cc4)CC3)cnc12. The number of hydrogen-bond acceptors (Lipinski definition) is 6. The zero-order valence-electron chi connectivity index (χ0n) is 21.1. The molecule has 1 N–H and O–H groups in total. The van der Waals surface area contributed by atoms with E-state index in [1.165, 1.54) is 41.2 Å². The Balaban J connectivity index is 1.47. The molecule has 3 heterocycles. The third-order valence-corrected chi connectivity index (χ3v) is 6.82. The molecule has 8 nitrogen and oxygen atoms in total. The van der Waals surface area contributed by atoms with Crippen molar-refractivity contribution in [2.75, 3.05) is 25.0 Å². The molecule has 2 aromatic heterocycles. The summed E-state index contributed by atoms with van der Waals surface area (Å²) in [6.07, 6.45) is 4.25. The van der Waals surface area contributed by atoms with Crippen LogP contribution in [-0.4, -0.2) is 51.1 Å². The lowest BCUT2D eigenvalue weighted by Gasteiger charge is -2.32. The van der Waals surface area contributed by atoms with Gasteiger partial charge in [-0.1, -0.05) is 12.1 Å². The molecule has 0 bridgehead atoms. The molecule has 1 aliphatic rings. The molecule has 0 atom stereocenters. The number of carbonyl (C=O) groups is 2. The predicted molar refractivity (Wildman–Crippen MR) is 138 cm³/mol. The van der Waals surface area contributed by atoms with Crippen molar-refractivity contribution in [3.63, 3.8) is 0 Å². The molecule has 1 amide bonds. The molecule has 1 saturated heterocycles. The third kappa shape index (κ3) is 4.93. The number of aryl methyl sites for hydroxylation is 1. The van der Waals surface area contributed by atoms with E-state index in [2.05, 4.69) is 15.4 Å². The Morgan fingerprint density at radius 1 is 1.03 bits per heavy atom. The standard InChI is InChI=1S/C28H27F2N5O3/c1-3-38-28(37)23-16-32-35-25(23)31-15-22(26(35)33-24-9-8-21(30)14-17(24)2)27(36)34-12-10-19(11-13-34)18-4-6-20(29)7-5-18/h4-9,14-16,19,33H,3,10-13H2,1-2H3. The smallest absolute Gasteiger partial charge is 0.343 e. The summed E-state index contributed by atoms with van der Waals surface area (Å²) < 4.78 is 33.6. The molecule has 0 radical (unpaired) electrons. The summed E-state index contributed by atoms with van der Waals surface area (Å²) in [6, 6.07) is 10.8. The molecule has 38 heavy (non-hydrogen) atoms. The van der Waals surface area contributed by atoms with E-state index in [9.17, 15) is 18.4 Å². The van der Waals surface area contributed by atoms with E-state index in [-0.39, 0.29) is 46.8 Å². The van der Waals surface area contributed by atoms with Crippen LogP contribution in [0.1, 0.15) is 57.5 Å². The maximum absolute atomic E-state index is 13.7. The van der Waals surface area contributed by atoms with Gasteiger partial charge in [-0.3, -0.25) is 4.79 Å². The summed E-state index contributed by atoms with van der Waals surface area (Å²) in [5.74, 6) is -0.917. The molecule has 196 valence electrons. The molecule has 0 unspecified atom stereocenters. The van der Waals surface area contributed by atoms with Crippen molar-refractivity contribution in [2.24, 2.45) is 0 Å². The lowest BCUT2D eigenvalue weighted by molar-refractivity contribution is 0.0528. The van der Waals surface area contributed by atoms with Crippen LogP contribution in [0.15, 0.2) is 54.9 Å². The first-order chi connectivity index (χ1) is 18.4. The second-order valence-electron chi connectivity index (χ2n) is 9.24. The summed E-state index contributed by atoms with van der Waals surface area (Å²) >= 11 is 0.